The predicted molar refractivity (Wildman–Crippen MR) is 76.4 cm³/mol. The van der Waals surface area contributed by atoms with Crippen molar-refractivity contribution >= 4 is 5.95 Å². The van der Waals surface area contributed by atoms with Crippen LogP contribution >= 0.6 is 0 Å². The topological polar surface area (TPSA) is 58.0 Å². The minimum atomic E-state index is -4.53. The number of rotatable bonds is 5. The van der Waals surface area contributed by atoms with Crippen LogP contribution in [0.1, 0.15) is 24.1 Å². The third-order valence-corrected chi connectivity index (χ3v) is 3.39. The first kappa shape index (κ1) is 16.2. The number of hydrogen-bond acceptors (Lipinski definition) is 4. The first-order chi connectivity index (χ1) is 10.4. The number of aromatic nitrogens is 2. The van der Waals surface area contributed by atoms with E-state index in [2.05, 4.69) is 15.3 Å². The molecular weight excluding hydrogens is 295 g/mol. The summed E-state index contributed by atoms with van der Waals surface area (Å²) in [5, 5.41) is 12.3. The van der Waals surface area contributed by atoms with Crippen LogP contribution in [0.2, 0.25) is 0 Å². The maximum absolute atomic E-state index is 12.6. The average molecular weight is 311 g/mol. The van der Waals surface area contributed by atoms with Crippen molar-refractivity contribution in [3.05, 3.63) is 53.9 Å². The minimum Gasteiger partial charge on any atom is -0.394 e. The highest BCUT2D eigenvalue weighted by molar-refractivity contribution is 5.31. The van der Waals surface area contributed by atoms with Crippen LogP contribution in [0.3, 0.4) is 0 Å². The van der Waals surface area contributed by atoms with Gasteiger partial charge in [-0.15, -0.1) is 0 Å². The Kier molecular flexibility index (Phi) is 4.97. The monoisotopic (exact) mass is 311 g/mol. The zero-order valence-electron chi connectivity index (χ0n) is 11.9. The number of benzene rings is 1. The van der Waals surface area contributed by atoms with Crippen LogP contribution in [0, 0.1) is 0 Å². The lowest BCUT2D eigenvalue weighted by atomic mass is 9.94. The summed E-state index contributed by atoms with van der Waals surface area (Å²) < 4.78 is 37.9. The number of alkyl halides is 3. The fourth-order valence-electron chi connectivity index (χ4n) is 2.07. The predicted octanol–water partition coefficient (Wildman–Crippen LogP) is 3.07. The van der Waals surface area contributed by atoms with E-state index in [1.807, 2.05) is 37.3 Å². The van der Waals surface area contributed by atoms with Gasteiger partial charge in [-0.3, -0.25) is 0 Å². The highest BCUT2D eigenvalue weighted by atomic mass is 19.4. The molecule has 1 aromatic heterocycles. The Labute approximate surface area is 126 Å². The summed E-state index contributed by atoms with van der Waals surface area (Å²) in [5.41, 5.74) is -0.0601. The Hall–Kier alpha value is -2.15. The molecule has 0 spiro atoms. The molecule has 0 amide bonds. The molecule has 0 unspecified atom stereocenters. The molecule has 7 heteroatoms. The van der Waals surface area contributed by atoms with Crippen LogP contribution in [0.25, 0.3) is 0 Å². The zero-order valence-corrected chi connectivity index (χ0v) is 11.9. The third-order valence-electron chi connectivity index (χ3n) is 3.39. The smallest absolute Gasteiger partial charge is 0.394 e. The fraction of sp³-hybridized carbons (Fsp3) is 0.333. The Balaban J connectivity index is 2.17. The van der Waals surface area contributed by atoms with Crippen LogP contribution in [-0.4, -0.2) is 27.7 Å². The van der Waals surface area contributed by atoms with Gasteiger partial charge < -0.3 is 10.4 Å². The van der Waals surface area contributed by atoms with Crippen LogP contribution in [0.4, 0.5) is 19.1 Å². The molecule has 0 aliphatic heterocycles. The summed E-state index contributed by atoms with van der Waals surface area (Å²) >= 11 is 0. The molecule has 0 aliphatic carbocycles. The number of aliphatic hydroxyl groups is 1. The molecule has 0 radical (unpaired) electrons. The van der Waals surface area contributed by atoms with Gasteiger partial charge in [0.1, 0.15) is 5.69 Å². The molecule has 2 N–H and O–H groups in total. The molecule has 2 atom stereocenters. The standard InChI is InChI=1S/C15H16F3N3O/c1-10(11-5-3-2-4-6-11)12(9-22)20-14-19-8-7-13(21-14)15(16,17)18/h2-8,10,12,22H,9H2,1H3,(H,19,20,21)/t10-,12+/m0/s1. The molecule has 118 valence electrons. The summed E-state index contributed by atoms with van der Waals surface area (Å²) in [5.74, 6) is -0.277. The highest BCUT2D eigenvalue weighted by Crippen LogP contribution is 2.28. The summed E-state index contributed by atoms with van der Waals surface area (Å²) in [6.07, 6.45) is -3.49. The number of aliphatic hydroxyl groups excluding tert-OH is 1. The van der Waals surface area contributed by atoms with E-state index in [1.165, 1.54) is 0 Å². The summed E-state index contributed by atoms with van der Waals surface area (Å²) in [6, 6.07) is 9.69. The van der Waals surface area contributed by atoms with E-state index in [-0.39, 0.29) is 18.5 Å². The van der Waals surface area contributed by atoms with Gasteiger partial charge in [-0.25, -0.2) is 9.97 Å². The van der Waals surface area contributed by atoms with Gasteiger partial charge >= 0.3 is 6.18 Å². The van der Waals surface area contributed by atoms with Crippen molar-refractivity contribution in [2.24, 2.45) is 0 Å². The summed E-state index contributed by atoms with van der Waals surface area (Å²) in [4.78, 5) is 7.23. The quantitative estimate of drug-likeness (QED) is 0.891. The molecule has 1 aromatic carbocycles. The van der Waals surface area contributed by atoms with E-state index in [9.17, 15) is 18.3 Å². The second-order valence-corrected chi connectivity index (χ2v) is 4.90. The van der Waals surface area contributed by atoms with E-state index < -0.39 is 17.9 Å². The molecule has 0 bridgehead atoms. The lowest BCUT2D eigenvalue weighted by Crippen LogP contribution is -2.31. The Morgan fingerprint density at radius 1 is 1.18 bits per heavy atom. The number of halogens is 3. The van der Waals surface area contributed by atoms with E-state index in [4.69, 9.17) is 0 Å². The molecule has 1 heterocycles. The van der Waals surface area contributed by atoms with Gasteiger partial charge in [0.05, 0.1) is 12.6 Å². The molecule has 0 fully saturated rings. The van der Waals surface area contributed by atoms with E-state index >= 15 is 0 Å². The molecule has 2 aromatic rings. The molecule has 2 rings (SSSR count). The van der Waals surface area contributed by atoms with Gasteiger partial charge in [0.15, 0.2) is 0 Å². The van der Waals surface area contributed by atoms with Crippen molar-refractivity contribution in [1.82, 2.24) is 9.97 Å². The van der Waals surface area contributed by atoms with E-state index in [0.717, 1.165) is 17.8 Å². The second kappa shape index (κ2) is 6.74. The highest BCUT2D eigenvalue weighted by Gasteiger charge is 2.33. The van der Waals surface area contributed by atoms with Crippen molar-refractivity contribution < 1.29 is 18.3 Å². The SMILES string of the molecule is C[C@@H](c1ccccc1)[C@@H](CO)Nc1nccc(C(F)(F)F)n1. The van der Waals surface area contributed by atoms with Gasteiger partial charge in [0.25, 0.3) is 0 Å². The molecule has 0 saturated heterocycles. The molecule has 0 aliphatic rings. The van der Waals surface area contributed by atoms with E-state index in [1.54, 1.807) is 0 Å². The number of nitrogens with zero attached hydrogens (tertiary/aromatic N) is 2. The maximum atomic E-state index is 12.6. The lowest BCUT2D eigenvalue weighted by Gasteiger charge is -2.23. The zero-order chi connectivity index (χ0) is 16.2. The van der Waals surface area contributed by atoms with Gasteiger partial charge in [0, 0.05) is 12.1 Å². The van der Waals surface area contributed by atoms with E-state index in [0.29, 0.717) is 0 Å². The third kappa shape index (κ3) is 3.94. The van der Waals surface area contributed by atoms with Crippen molar-refractivity contribution in [1.29, 1.82) is 0 Å². The first-order valence-corrected chi connectivity index (χ1v) is 6.74. The van der Waals surface area contributed by atoms with Crippen LogP contribution in [0.15, 0.2) is 42.6 Å². The summed E-state index contributed by atoms with van der Waals surface area (Å²) in [7, 11) is 0. The van der Waals surface area contributed by atoms with Gasteiger partial charge in [-0.1, -0.05) is 37.3 Å². The summed E-state index contributed by atoms with van der Waals surface area (Å²) in [6.45, 7) is 1.62. The number of anilines is 1. The van der Waals surface area contributed by atoms with Crippen LogP contribution in [-0.2, 0) is 6.18 Å². The lowest BCUT2D eigenvalue weighted by molar-refractivity contribution is -0.141. The van der Waals surface area contributed by atoms with Gasteiger partial charge in [-0.2, -0.15) is 13.2 Å². The number of hydrogen-bond donors (Lipinski definition) is 2. The van der Waals surface area contributed by atoms with Gasteiger partial charge in [0.2, 0.25) is 5.95 Å². The molecule has 4 nitrogen and oxygen atoms in total. The fourth-order valence-corrected chi connectivity index (χ4v) is 2.07. The second-order valence-electron chi connectivity index (χ2n) is 4.90. The first-order valence-electron chi connectivity index (χ1n) is 6.74. The van der Waals surface area contributed by atoms with Crippen molar-refractivity contribution in [3.63, 3.8) is 0 Å². The Bertz CT molecular complexity index is 604. The molecule has 22 heavy (non-hydrogen) atoms. The van der Waals surface area contributed by atoms with Crippen molar-refractivity contribution in [3.8, 4) is 0 Å². The Morgan fingerprint density at radius 3 is 2.45 bits per heavy atom. The molecular formula is C15H16F3N3O. The normalized spacial score (nSPS) is 14.4. The van der Waals surface area contributed by atoms with Gasteiger partial charge in [-0.05, 0) is 11.6 Å². The van der Waals surface area contributed by atoms with Crippen molar-refractivity contribution in [2.45, 2.75) is 25.1 Å². The van der Waals surface area contributed by atoms with Crippen molar-refractivity contribution in [2.75, 3.05) is 11.9 Å². The largest absolute Gasteiger partial charge is 0.433 e. The van der Waals surface area contributed by atoms with Crippen LogP contribution < -0.4 is 5.32 Å². The average Bonchev–Trinajstić information content (AvgIpc) is 2.52. The maximum Gasteiger partial charge on any atom is 0.433 e. The Morgan fingerprint density at radius 2 is 1.86 bits per heavy atom. The minimum absolute atomic E-state index is 0.121. The number of nitrogens with one attached hydrogen (secondary N) is 1. The molecule has 0 saturated carbocycles. The van der Waals surface area contributed by atoms with Crippen LogP contribution in [0.5, 0.6) is 0 Å².